The number of benzene rings is 2. The van der Waals surface area contributed by atoms with Gasteiger partial charge in [0.05, 0.1) is 11.3 Å². The van der Waals surface area contributed by atoms with Crippen LogP contribution in [0.25, 0.3) is 0 Å². The van der Waals surface area contributed by atoms with Crippen molar-refractivity contribution in [3.05, 3.63) is 77.4 Å². The van der Waals surface area contributed by atoms with Gasteiger partial charge >= 0.3 is 5.97 Å². The monoisotopic (exact) mass is 426 g/mol. The lowest BCUT2D eigenvalue weighted by Gasteiger charge is -2.10. The van der Waals surface area contributed by atoms with Crippen molar-refractivity contribution in [2.75, 3.05) is 6.61 Å². The molecule has 3 rings (SSSR count). The molecule has 0 spiro atoms. The molecule has 0 bridgehead atoms. The van der Waals surface area contributed by atoms with Gasteiger partial charge in [0.2, 0.25) is 5.89 Å². The van der Waals surface area contributed by atoms with E-state index in [1.165, 1.54) is 11.8 Å². The molecule has 1 aromatic heterocycles. The van der Waals surface area contributed by atoms with Crippen LogP contribution < -0.4 is 10.9 Å². The predicted octanol–water partition coefficient (Wildman–Crippen LogP) is 2.29. The van der Waals surface area contributed by atoms with Gasteiger partial charge in [0.1, 0.15) is 0 Å². The molecule has 2 aromatic carbocycles. The van der Waals surface area contributed by atoms with Crippen LogP contribution in [0.1, 0.15) is 32.4 Å². The summed E-state index contributed by atoms with van der Waals surface area (Å²) in [6.45, 7) is 1.17. The van der Waals surface area contributed by atoms with Crippen molar-refractivity contribution in [1.82, 2.24) is 21.0 Å². The number of amides is 2. The number of aromatic nitrogens is 2. The molecule has 0 radical (unpaired) electrons. The summed E-state index contributed by atoms with van der Waals surface area (Å²) in [6.07, 6.45) is 0. The minimum atomic E-state index is -0.667. The molecule has 3 aromatic rings. The van der Waals surface area contributed by atoms with Gasteiger partial charge in [-0.1, -0.05) is 35.5 Å². The lowest BCUT2D eigenvalue weighted by atomic mass is 10.2. The second kappa shape index (κ2) is 10.2. The molecule has 1 heterocycles. The Morgan fingerprint density at radius 2 is 1.77 bits per heavy atom. The van der Waals surface area contributed by atoms with Crippen molar-refractivity contribution in [3.8, 4) is 0 Å². The van der Waals surface area contributed by atoms with Crippen molar-refractivity contribution in [2.45, 2.75) is 17.6 Å². The van der Waals surface area contributed by atoms with Crippen LogP contribution in [-0.2, 0) is 15.3 Å². The Labute approximate surface area is 176 Å². The molecule has 0 saturated carbocycles. The number of rotatable bonds is 7. The van der Waals surface area contributed by atoms with E-state index in [4.69, 9.17) is 9.26 Å². The highest BCUT2D eigenvalue weighted by atomic mass is 32.2. The van der Waals surface area contributed by atoms with Gasteiger partial charge in [-0.15, -0.1) is 11.8 Å². The van der Waals surface area contributed by atoms with E-state index in [0.29, 0.717) is 33.5 Å². The summed E-state index contributed by atoms with van der Waals surface area (Å²) in [5.41, 5.74) is 5.15. The number of carbonyl (C=O) groups is 3. The fourth-order valence-corrected chi connectivity index (χ4v) is 3.21. The van der Waals surface area contributed by atoms with Crippen LogP contribution in [0.3, 0.4) is 0 Å². The summed E-state index contributed by atoms with van der Waals surface area (Å²) in [6, 6.07) is 15.2. The average molecular weight is 426 g/mol. The van der Waals surface area contributed by atoms with Gasteiger partial charge in [-0.2, -0.15) is 4.98 Å². The summed E-state index contributed by atoms with van der Waals surface area (Å²) in [4.78, 5) is 40.9. The van der Waals surface area contributed by atoms with E-state index >= 15 is 0 Å². The number of hydrogen-bond acceptors (Lipinski definition) is 8. The Balaban J connectivity index is 1.49. The number of thioether (sulfide) groups is 1. The summed E-state index contributed by atoms with van der Waals surface area (Å²) >= 11 is 1.33. The third-order valence-electron chi connectivity index (χ3n) is 3.71. The third-order valence-corrected chi connectivity index (χ3v) is 4.77. The van der Waals surface area contributed by atoms with Crippen LogP contribution in [0.4, 0.5) is 0 Å². The normalized spacial score (nSPS) is 10.3. The fraction of sp³-hybridized carbons (Fsp3) is 0.150. The lowest BCUT2D eigenvalue weighted by Crippen LogP contribution is -2.43. The second-order valence-corrected chi connectivity index (χ2v) is 6.98. The summed E-state index contributed by atoms with van der Waals surface area (Å²) in [5.74, 6) is -0.452. The minimum Gasteiger partial charge on any atom is -0.452 e. The molecule has 0 aliphatic rings. The molecule has 0 aliphatic carbocycles. The van der Waals surface area contributed by atoms with Gasteiger partial charge < -0.3 is 9.26 Å². The van der Waals surface area contributed by atoms with Crippen LogP contribution >= 0.6 is 11.8 Å². The van der Waals surface area contributed by atoms with Gasteiger partial charge in [0.25, 0.3) is 11.8 Å². The highest BCUT2D eigenvalue weighted by Gasteiger charge is 2.16. The van der Waals surface area contributed by atoms with Gasteiger partial charge in [-0.3, -0.25) is 20.4 Å². The van der Waals surface area contributed by atoms with E-state index in [1.807, 2.05) is 0 Å². The SMILES string of the molecule is Cc1noc(CSc2ccccc2C(=O)OCC(=O)NNC(=O)c2ccccc2)n1. The Bertz CT molecular complexity index is 1040. The number of hydrogen-bond donors (Lipinski definition) is 2. The van der Waals surface area contributed by atoms with Gasteiger partial charge in [0.15, 0.2) is 12.4 Å². The Kier molecular flexibility index (Phi) is 7.17. The molecule has 2 amide bonds. The van der Waals surface area contributed by atoms with E-state index in [-0.39, 0.29) is 0 Å². The number of nitrogens with zero attached hydrogens (tertiary/aromatic N) is 2. The number of aryl methyl sites for hydroxylation is 1. The van der Waals surface area contributed by atoms with Crippen molar-refractivity contribution in [3.63, 3.8) is 0 Å². The lowest BCUT2D eigenvalue weighted by molar-refractivity contribution is -0.125. The van der Waals surface area contributed by atoms with E-state index in [2.05, 4.69) is 21.0 Å². The maximum absolute atomic E-state index is 12.4. The molecular weight excluding hydrogens is 408 g/mol. The first-order valence-corrected chi connectivity index (χ1v) is 9.84. The van der Waals surface area contributed by atoms with Crippen LogP contribution in [0.15, 0.2) is 64.0 Å². The molecule has 9 nitrogen and oxygen atoms in total. The molecule has 0 saturated heterocycles. The molecule has 30 heavy (non-hydrogen) atoms. The van der Waals surface area contributed by atoms with Gasteiger partial charge in [-0.05, 0) is 31.2 Å². The van der Waals surface area contributed by atoms with E-state index in [0.717, 1.165) is 0 Å². The number of carbonyl (C=O) groups excluding carboxylic acids is 3. The van der Waals surface area contributed by atoms with Crippen LogP contribution in [0.5, 0.6) is 0 Å². The van der Waals surface area contributed by atoms with Crippen molar-refractivity contribution >= 4 is 29.5 Å². The molecule has 0 fully saturated rings. The number of nitrogens with one attached hydrogen (secondary N) is 2. The molecular formula is C20H18N4O5S. The standard InChI is InChI=1S/C20H18N4O5S/c1-13-21-18(29-24-13)12-30-16-10-6-5-9-15(16)20(27)28-11-17(25)22-23-19(26)14-7-3-2-4-8-14/h2-10H,11-12H2,1H3,(H,22,25)(H,23,26). The van der Waals surface area contributed by atoms with Crippen molar-refractivity contribution in [2.24, 2.45) is 0 Å². The maximum atomic E-state index is 12.4. The first-order chi connectivity index (χ1) is 14.5. The van der Waals surface area contributed by atoms with Crippen LogP contribution in [0, 0.1) is 6.92 Å². The molecule has 2 N–H and O–H groups in total. The molecule has 10 heteroatoms. The average Bonchev–Trinajstić information content (AvgIpc) is 3.20. The molecule has 154 valence electrons. The highest BCUT2D eigenvalue weighted by Crippen LogP contribution is 2.26. The number of esters is 1. The smallest absolute Gasteiger partial charge is 0.339 e. The zero-order chi connectivity index (χ0) is 21.3. The largest absolute Gasteiger partial charge is 0.452 e. The quantitative estimate of drug-likeness (QED) is 0.335. The topological polar surface area (TPSA) is 123 Å². The summed E-state index contributed by atoms with van der Waals surface area (Å²) in [7, 11) is 0. The molecule has 0 unspecified atom stereocenters. The van der Waals surface area contributed by atoms with Gasteiger partial charge in [0, 0.05) is 10.5 Å². The number of ether oxygens (including phenoxy) is 1. The number of hydrazine groups is 1. The Morgan fingerprint density at radius 3 is 2.50 bits per heavy atom. The van der Waals surface area contributed by atoms with E-state index < -0.39 is 24.4 Å². The summed E-state index contributed by atoms with van der Waals surface area (Å²) in [5, 5.41) is 3.72. The third kappa shape index (κ3) is 5.92. The van der Waals surface area contributed by atoms with Crippen molar-refractivity contribution < 1.29 is 23.6 Å². The maximum Gasteiger partial charge on any atom is 0.339 e. The Morgan fingerprint density at radius 1 is 1.03 bits per heavy atom. The van der Waals surface area contributed by atoms with E-state index in [9.17, 15) is 14.4 Å². The first-order valence-electron chi connectivity index (χ1n) is 8.85. The summed E-state index contributed by atoms with van der Waals surface area (Å²) < 4.78 is 10.1. The molecule has 0 atom stereocenters. The zero-order valence-corrected chi connectivity index (χ0v) is 16.8. The highest BCUT2D eigenvalue weighted by molar-refractivity contribution is 7.98. The predicted molar refractivity (Wildman–Crippen MR) is 107 cm³/mol. The zero-order valence-electron chi connectivity index (χ0n) is 16.0. The minimum absolute atomic E-state index is 0.305. The van der Waals surface area contributed by atoms with Gasteiger partial charge in [-0.25, -0.2) is 4.79 Å². The first kappa shape index (κ1) is 21.1. The van der Waals surface area contributed by atoms with E-state index in [1.54, 1.807) is 61.5 Å². The second-order valence-electron chi connectivity index (χ2n) is 5.96. The van der Waals surface area contributed by atoms with Crippen LogP contribution in [-0.4, -0.2) is 34.5 Å². The Hall–Kier alpha value is -3.66. The molecule has 0 aliphatic heterocycles. The fourth-order valence-electron chi connectivity index (χ4n) is 2.33. The van der Waals surface area contributed by atoms with Crippen LogP contribution in [0.2, 0.25) is 0 Å². The van der Waals surface area contributed by atoms with Crippen molar-refractivity contribution in [1.29, 1.82) is 0 Å².